The summed E-state index contributed by atoms with van der Waals surface area (Å²) in [6, 6.07) is 8.63. The average Bonchev–Trinajstić information content (AvgIpc) is 2.67. The maximum Gasteiger partial charge on any atom is 0.237 e. The first-order chi connectivity index (χ1) is 9.41. The van der Waals surface area contributed by atoms with Gasteiger partial charge >= 0.3 is 0 Å². The Morgan fingerprint density at radius 1 is 1.40 bits per heavy atom. The van der Waals surface area contributed by atoms with Gasteiger partial charge in [-0.05, 0) is 18.6 Å². The van der Waals surface area contributed by atoms with Crippen LogP contribution in [0, 0.1) is 18.3 Å². The highest BCUT2D eigenvalue weighted by molar-refractivity contribution is 7.91. The fourth-order valence-electron chi connectivity index (χ4n) is 1.86. The van der Waals surface area contributed by atoms with Gasteiger partial charge in [-0.3, -0.25) is 9.40 Å². The Bertz CT molecular complexity index is 772. The van der Waals surface area contributed by atoms with Crippen LogP contribution in [0.25, 0.3) is 0 Å². The van der Waals surface area contributed by atoms with Gasteiger partial charge < -0.3 is 0 Å². The van der Waals surface area contributed by atoms with Crippen molar-refractivity contribution in [2.45, 2.75) is 12.7 Å². The molecule has 20 heavy (non-hydrogen) atoms. The maximum absolute atomic E-state index is 12.1. The number of hydrogen-bond donors (Lipinski definition) is 1. The Morgan fingerprint density at radius 2 is 2.10 bits per heavy atom. The zero-order valence-corrected chi connectivity index (χ0v) is 12.0. The Hall–Kier alpha value is -2.33. The molecule has 1 heterocycles. The van der Waals surface area contributed by atoms with Gasteiger partial charge in [-0.2, -0.15) is 10.4 Å². The standard InChI is InChI=1S/C13H14N4O2S/c1-10-13(8-17(2)15-10)16-20(18,19)9-12-6-4-3-5-11(12)7-14/h3-6,8,16H,9H2,1-2H3. The molecule has 1 aromatic heterocycles. The average molecular weight is 290 g/mol. The molecule has 0 spiro atoms. The molecule has 1 aromatic carbocycles. The van der Waals surface area contributed by atoms with Crippen LogP contribution in [0.1, 0.15) is 16.8 Å². The number of nitrogens with one attached hydrogen (secondary N) is 1. The third-order valence-corrected chi connectivity index (χ3v) is 3.98. The Labute approximate surface area is 117 Å². The lowest BCUT2D eigenvalue weighted by molar-refractivity contribution is 0.600. The molecule has 7 heteroatoms. The van der Waals surface area contributed by atoms with Crippen molar-refractivity contribution < 1.29 is 8.42 Å². The molecule has 0 fully saturated rings. The van der Waals surface area contributed by atoms with Gasteiger partial charge in [0.05, 0.1) is 28.8 Å². The second kappa shape index (κ2) is 5.35. The number of hydrogen-bond acceptors (Lipinski definition) is 4. The van der Waals surface area contributed by atoms with Gasteiger partial charge in [0.25, 0.3) is 0 Å². The van der Waals surface area contributed by atoms with Crippen LogP contribution < -0.4 is 4.72 Å². The largest absolute Gasteiger partial charge is 0.280 e. The van der Waals surface area contributed by atoms with E-state index in [0.29, 0.717) is 22.5 Å². The lowest BCUT2D eigenvalue weighted by Gasteiger charge is -2.07. The van der Waals surface area contributed by atoms with E-state index >= 15 is 0 Å². The lowest BCUT2D eigenvalue weighted by atomic mass is 10.1. The molecule has 6 nitrogen and oxygen atoms in total. The summed E-state index contributed by atoms with van der Waals surface area (Å²) < 4.78 is 28.3. The van der Waals surface area contributed by atoms with Crippen molar-refractivity contribution in [3.8, 4) is 6.07 Å². The number of nitriles is 1. The predicted octanol–water partition coefficient (Wildman–Crippen LogP) is 1.54. The second-order valence-electron chi connectivity index (χ2n) is 4.43. The summed E-state index contributed by atoms with van der Waals surface area (Å²) in [6.45, 7) is 1.72. The van der Waals surface area contributed by atoms with Gasteiger partial charge in [0, 0.05) is 13.2 Å². The molecule has 2 rings (SSSR count). The fraction of sp³-hybridized carbons (Fsp3) is 0.231. The zero-order valence-electron chi connectivity index (χ0n) is 11.2. The maximum atomic E-state index is 12.1. The first-order valence-corrected chi connectivity index (χ1v) is 7.55. The minimum atomic E-state index is -3.58. The molecular formula is C13H14N4O2S. The highest BCUT2D eigenvalue weighted by Gasteiger charge is 2.16. The van der Waals surface area contributed by atoms with Gasteiger partial charge in [0.2, 0.25) is 10.0 Å². The molecule has 0 radical (unpaired) electrons. The molecule has 0 bridgehead atoms. The van der Waals surface area contributed by atoms with E-state index in [1.807, 2.05) is 6.07 Å². The van der Waals surface area contributed by atoms with Crippen LogP contribution in [0.2, 0.25) is 0 Å². The first-order valence-electron chi connectivity index (χ1n) is 5.90. The molecule has 0 saturated heterocycles. The molecule has 2 aromatic rings. The molecule has 0 saturated carbocycles. The van der Waals surface area contributed by atoms with Gasteiger partial charge in [-0.15, -0.1) is 0 Å². The summed E-state index contributed by atoms with van der Waals surface area (Å²) in [6.07, 6.45) is 1.60. The van der Waals surface area contributed by atoms with E-state index < -0.39 is 10.0 Å². The van der Waals surface area contributed by atoms with Crippen molar-refractivity contribution in [3.63, 3.8) is 0 Å². The Kier molecular flexibility index (Phi) is 3.77. The van der Waals surface area contributed by atoms with Gasteiger partial charge in [0.15, 0.2) is 0 Å². The van der Waals surface area contributed by atoms with Crippen molar-refractivity contribution in [2.24, 2.45) is 7.05 Å². The Morgan fingerprint density at radius 3 is 2.70 bits per heavy atom. The van der Waals surface area contributed by atoms with Crippen molar-refractivity contribution in [2.75, 3.05) is 4.72 Å². The molecule has 0 aliphatic carbocycles. The quantitative estimate of drug-likeness (QED) is 0.925. The van der Waals surface area contributed by atoms with E-state index in [1.54, 1.807) is 44.4 Å². The number of nitrogens with zero attached hydrogens (tertiary/aromatic N) is 3. The van der Waals surface area contributed by atoms with Crippen molar-refractivity contribution in [1.29, 1.82) is 5.26 Å². The van der Waals surface area contributed by atoms with Crippen molar-refractivity contribution in [1.82, 2.24) is 9.78 Å². The number of aromatic nitrogens is 2. The SMILES string of the molecule is Cc1nn(C)cc1NS(=O)(=O)Cc1ccccc1C#N. The number of sulfonamides is 1. The van der Waals surface area contributed by atoms with Crippen LogP contribution in [0.5, 0.6) is 0 Å². The third-order valence-electron chi connectivity index (χ3n) is 2.76. The van der Waals surface area contributed by atoms with Crippen LogP contribution in [-0.2, 0) is 22.8 Å². The fourth-order valence-corrected chi connectivity index (χ4v) is 3.13. The van der Waals surface area contributed by atoms with Crippen LogP contribution >= 0.6 is 0 Å². The summed E-state index contributed by atoms with van der Waals surface area (Å²) in [7, 11) is -1.87. The number of anilines is 1. The molecule has 0 aliphatic heterocycles. The number of aryl methyl sites for hydroxylation is 2. The monoisotopic (exact) mass is 290 g/mol. The molecule has 0 amide bonds. The number of rotatable bonds is 4. The summed E-state index contributed by atoms with van der Waals surface area (Å²) in [5.41, 5.74) is 1.89. The second-order valence-corrected chi connectivity index (χ2v) is 6.15. The van der Waals surface area contributed by atoms with E-state index in [4.69, 9.17) is 5.26 Å². The van der Waals surface area contributed by atoms with E-state index in [1.165, 1.54) is 4.68 Å². The van der Waals surface area contributed by atoms with Gasteiger partial charge in [-0.25, -0.2) is 8.42 Å². The van der Waals surface area contributed by atoms with E-state index in [9.17, 15) is 8.42 Å². The van der Waals surface area contributed by atoms with Gasteiger partial charge in [0.1, 0.15) is 0 Å². The van der Waals surface area contributed by atoms with Crippen LogP contribution in [-0.4, -0.2) is 18.2 Å². The summed E-state index contributed by atoms with van der Waals surface area (Å²) in [4.78, 5) is 0. The first kappa shape index (κ1) is 14.1. The summed E-state index contributed by atoms with van der Waals surface area (Å²) >= 11 is 0. The third kappa shape index (κ3) is 3.16. The lowest BCUT2D eigenvalue weighted by Crippen LogP contribution is -2.16. The van der Waals surface area contributed by atoms with Gasteiger partial charge in [-0.1, -0.05) is 18.2 Å². The summed E-state index contributed by atoms with van der Waals surface area (Å²) in [5, 5.41) is 13.0. The van der Waals surface area contributed by atoms with E-state index in [-0.39, 0.29) is 5.75 Å². The van der Waals surface area contributed by atoms with Crippen molar-refractivity contribution >= 4 is 15.7 Å². The normalized spacial score (nSPS) is 11.1. The predicted molar refractivity (Wildman–Crippen MR) is 75.3 cm³/mol. The molecular weight excluding hydrogens is 276 g/mol. The molecule has 1 N–H and O–H groups in total. The minimum absolute atomic E-state index is 0.245. The highest BCUT2D eigenvalue weighted by atomic mass is 32.2. The van der Waals surface area contributed by atoms with E-state index in [0.717, 1.165) is 0 Å². The Balaban J connectivity index is 2.24. The van der Waals surface area contributed by atoms with Crippen LogP contribution in [0.4, 0.5) is 5.69 Å². The van der Waals surface area contributed by atoms with Crippen LogP contribution in [0.3, 0.4) is 0 Å². The summed E-state index contributed by atoms with van der Waals surface area (Å²) in [5.74, 6) is -0.245. The topological polar surface area (TPSA) is 87.8 Å². The van der Waals surface area contributed by atoms with E-state index in [2.05, 4.69) is 9.82 Å². The molecule has 0 unspecified atom stereocenters. The zero-order chi connectivity index (χ0) is 14.8. The number of benzene rings is 1. The molecule has 104 valence electrons. The highest BCUT2D eigenvalue weighted by Crippen LogP contribution is 2.17. The minimum Gasteiger partial charge on any atom is -0.280 e. The van der Waals surface area contributed by atoms with Crippen LogP contribution in [0.15, 0.2) is 30.5 Å². The molecule has 0 aliphatic rings. The smallest absolute Gasteiger partial charge is 0.237 e. The van der Waals surface area contributed by atoms with Crippen molar-refractivity contribution in [3.05, 3.63) is 47.3 Å². The molecule has 0 atom stereocenters.